The number of aliphatic hydroxyl groups excluding tert-OH is 1. The minimum Gasteiger partial charge on any atom is -0.415 e. The van der Waals surface area contributed by atoms with Crippen LogP contribution < -0.4 is 0 Å². The molecule has 1 amide bonds. The zero-order valence-corrected chi connectivity index (χ0v) is 22.3. The van der Waals surface area contributed by atoms with Gasteiger partial charge in [0.05, 0.1) is 6.10 Å². The van der Waals surface area contributed by atoms with E-state index in [1.165, 1.54) is 0 Å². The molecule has 0 fully saturated rings. The number of carbonyl (C=O) groups is 1. The number of carbonyl (C=O) groups excluding carboxylic acids is 1. The van der Waals surface area contributed by atoms with Gasteiger partial charge in [0.1, 0.15) is 13.8 Å². The molecule has 5 heteroatoms. The van der Waals surface area contributed by atoms with E-state index in [2.05, 4.69) is 37.7 Å². The van der Waals surface area contributed by atoms with E-state index in [1.807, 2.05) is 54.5 Å². The fraction of sp³-hybridized carbons (Fsp3) is 0.654. The Bertz CT molecular complexity index is 782. The Hall–Kier alpha value is -1.77. The maximum atomic E-state index is 12.9. The maximum Gasteiger partial charge on any atom is 0.415 e. The second-order valence-corrected chi connectivity index (χ2v) is 15.2. The van der Waals surface area contributed by atoms with E-state index >= 15 is 0 Å². The third-order valence-corrected chi connectivity index (χ3v) is 6.54. The van der Waals surface area contributed by atoms with Crippen molar-refractivity contribution in [2.75, 3.05) is 0 Å². The molecule has 0 bridgehead atoms. The monoisotopic (exact) mass is 445 g/mol. The van der Waals surface area contributed by atoms with Gasteiger partial charge < -0.3 is 14.7 Å². The molecule has 0 saturated heterocycles. The number of aliphatic hydroxyl groups is 1. The van der Waals surface area contributed by atoms with E-state index in [-0.39, 0.29) is 30.0 Å². The largest absolute Gasteiger partial charge is 0.415 e. The van der Waals surface area contributed by atoms with Crippen molar-refractivity contribution in [3.8, 4) is 11.5 Å². The van der Waals surface area contributed by atoms with Crippen LogP contribution in [0.25, 0.3) is 0 Å². The number of rotatable bonds is 6. The van der Waals surface area contributed by atoms with Gasteiger partial charge in [0.2, 0.25) is 0 Å². The van der Waals surface area contributed by atoms with Crippen LogP contribution >= 0.6 is 0 Å². The molecule has 0 radical (unpaired) electrons. The Kier molecular flexibility index (Phi) is 9.85. The average molecular weight is 446 g/mol. The van der Waals surface area contributed by atoms with Gasteiger partial charge in [-0.25, -0.2) is 4.79 Å². The molecule has 0 heterocycles. The molecule has 174 valence electrons. The molecule has 1 aliphatic carbocycles. The van der Waals surface area contributed by atoms with Crippen molar-refractivity contribution in [3.05, 3.63) is 35.1 Å². The van der Waals surface area contributed by atoms with E-state index in [0.29, 0.717) is 12.2 Å². The Morgan fingerprint density at radius 1 is 1.23 bits per heavy atom. The lowest BCUT2D eigenvalue weighted by atomic mass is 9.75. The minimum atomic E-state index is -1.48. The van der Waals surface area contributed by atoms with Gasteiger partial charge in [-0.05, 0) is 78.0 Å². The number of ether oxygens (including phenoxy) is 1. The zero-order chi connectivity index (χ0) is 24.1. The van der Waals surface area contributed by atoms with Gasteiger partial charge in [-0.15, -0.1) is 5.54 Å². The molecule has 1 N–H and O–H groups in total. The third kappa shape index (κ3) is 8.35. The number of hydrogen-bond donors (Lipinski definition) is 1. The van der Waals surface area contributed by atoms with Crippen LogP contribution in [0.15, 0.2) is 35.1 Å². The van der Waals surface area contributed by atoms with Crippen LogP contribution in [0.4, 0.5) is 4.79 Å². The quantitative estimate of drug-likeness (QED) is 0.296. The van der Waals surface area contributed by atoms with Crippen LogP contribution in [0.5, 0.6) is 0 Å². The van der Waals surface area contributed by atoms with E-state index < -0.39 is 14.2 Å². The standard InChI is InChI=1S/C26H43NO3Si/c1-17(2)22-15-23(24(28)14-20(7)12-13-31(9,10)11)21(8)25(16-22)30-26(29)27(18(3)4)19(5)6/h14,18-19,22-24,28H,1,15-16H2,2-11H3/b20-14+/t22-,23-,24-/m1/s1. The predicted molar refractivity (Wildman–Crippen MR) is 133 cm³/mol. The molecular weight excluding hydrogens is 402 g/mol. The summed E-state index contributed by atoms with van der Waals surface area (Å²) >= 11 is 0. The van der Waals surface area contributed by atoms with Crippen molar-refractivity contribution in [2.45, 2.75) is 99.1 Å². The lowest BCUT2D eigenvalue weighted by Gasteiger charge is -2.36. The van der Waals surface area contributed by atoms with Crippen molar-refractivity contribution < 1.29 is 14.6 Å². The molecular formula is C26H43NO3Si. The fourth-order valence-electron chi connectivity index (χ4n) is 3.93. The van der Waals surface area contributed by atoms with E-state index in [4.69, 9.17) is 4.74 Å². The normalized spacial score (nSPS) is 21.0. The summed E-state index contributed by atoms with van der Waals surface area (Å²) in [6.45, 7) is 24.6. The molecule has 0 aliphatic heterocycles. The molecule has 31 heavy (non-hydrogen) atoms. The summed E-state index contributed by atoms with van der Waals surface area (Å²) in [7, 11) is -1.48. The Morgan fingerprint density at radius 3 is 2.23 bits per heavy atom. The van der Waals surface area contributed by atoms with Gasteiger partial charge in [-0.1, -0.05) is 37.7 Å². The highest BCUT2D eigenvalue weighted by Crippen LogP contribution is 2.40. The van der Waals surface area contributed by atoms with E-state index in [9.17, 15) is 9.90 Å². The van der Waals surface area contributed by atoms with Crippen LogP contribution in [0, 0.1) is 23.3 Å². The van der Waals surface area contributed by atoms with E-state index in [1.54, 1.807) is 4.90 Å². The summed E-state index contributed by atoms with van der Waals surface area (Å²) in [6.07, 6.45) is 2.25. The van der Waals surface area contributed by atoms with Crippen LogP contribution in [0.3, 0.4) is 0 Å². The first kappa shape index (κ1) is 27.3. The third-order valence-electron chi connectivity index (χ3n) is 5.66. The van der Waals surface area contributed by atoms with Crippen molar-refractivity contribution in [3.63, 3.8) is 0 Å². The highest BCUT2D eigenvalue weighted by atomic mass is 28.3. The Balaban J connectivity index is 3.23. The molecule has 0 aromatic carbocycles. The molecule has 4 nitrogen and oxygen atoms in total. The Labute approximate surface area is 191 Å². The summed E-state index contributed by atoms with van der Waals surface area (Å²) in [6, 6.07) is 0.0942. The summed E-state index contributed by atoms with van der Waals surface area (Å²) in [5.74, 6) is 3.91. The molecule has 0 aromatic heterocycles. The zero-order valence-electron chi connectivity index (χ0n) is 21.3. The van der Waals surface area contributed by atoms with Crippen LogP contribution in [0.2, 0.25) is 19.6 Å². The Morgan fingerprint density at radius 2 is 1.77 bits per heavy atom. The van der Waals surface area contributed by atoms with Gasteiger partial charge in [0, 0.05) is 24.4 Å². The van der Waals surface area contributed by atoms with Crippen LogP contribution in [-0.4, -0.2) is 42.4 Å². The molecule has 3 atom stereocenters. The fourth-order valence-corrected chi connectivity index (χ4v) is 4.50. The predicted octanol–water partition coefficient (Wildman–Crippen LogP) is 6.31. The van der Waals surface area contributed by atoms with Crippen LogP contribution in [0.1, 0.15) is 61.3 Å². The van der Waals surface area contributed by atoms with Gasteiger partial charge in [0.15, 0.2) is 0 Å². The minimum absolute atomic E-state index is 0.0471. The lowest BCUT2D eigenvalue weighted by Crippen LogP contribution is -2.42. The van der Waals surface area contributed by atoms with Gasteiger partial charge in [0.25, 0.3) is 0 Å². The summed E-state index contributed by atoms with van der Waals surface area (Å²) in [5, 5.41) is 11.0. The SMILES string of the molecule is C=C(C)[C@H]1CC(OC(=O)N(C(C)C)C(C)C)=C(C)[C@H]([C@H](O)/C=C(\C)C#C[Si](C)(C)C)C1. The first-order valence-corrected chi connectivity index (χ1v) is 14.9. The summed E-state index contributed by atoms with van der Waals surface area (Å²) in [4.78, 5) is 14.7. The molecule has 0 saturated carbocycles. The molecule has 1 aliphatic rings. The number of amides is 1. The first-order chi connectivity index (χ1) is 14.1. The highest BCUT2D eigenvalue weighted by Gasteiger charge is 2.34. The van der Waals surface area contributed by atoms with Crippen molar-refractivity contribution in [2.24, 2.45) is 11.8 Å². The number of nitrogens with zero attached hydrogens (tertiary/aromatic N) is 1. The number of allylic oxidation sites excluding steroid dienone is 3. The van der Waals surface area contributed by atoms with Crippen LogP contribution in [-0.2, 0) is 4.74 Å². The van der Waals surface area contributed by atoms with Gasteiger partial charge in [-0.3, -0.25) is 0 Å². The van der Waals surface area contributed by atoms with Gasteiger partial charge in [-0.2, -0.15) is 0 Å². The second kappa shape index (κ2) is 11.2. The lowest BCUT2D eigenvalue weighted by molar-refractivity contribution is 0.0875. The topological polar surface area (TPSA) is 49.8 Å². The first-order valence-electron chi connectivity index (χ1n) is 11.4. The van der Waals surface area contributed by atoms with Crippen molar-refractivity contribution in [1.29, 1.82) is 0 Å². The van der Waals surface area contributed by atoms with Crippen molar-refractivity contribution in [1.82, 2.24) is 4.90 Å². The molecule has 1 rings (SSSR count). The van der Waals surface area contributed by atoms with Gasteiger partial charge >= 0.3 is 6.09 Å². The average Bonchev–Trinajstić information content (AvgIpc) is 2.60. The summed E-state index contributed by atoms with van der Waals surface area (Å²) in [5.41, 5.74) is 6.21. The molecule has 0 unspecified atom stereocenters. The molecule has 0 aromatic rings. The second-order valence-electron chi connectivity index (χ2n) is 10.5. The smallest absolute Gasteiger partial charge is 0.415 e. The van der Waals surface area contributed by atoms with E-state index in [0.717, 1.165) is 23.1 Å². The number of hydrogen-bond acceptors (Lipinski definition) is 3. The summed E-state index contributed by atoms with van der Waals surface area (Å²) < 4.78 is 5.92. The van der Waals surface area contributed by atoms with Crippen molar-refractivity contribution >= 4 is 14.2 Å². The highest BCUT2D eigenvalue weighted by molar-refractivity contribution is 6.83. The molecule has 0 spiro atoms. The maximum absolute atomic E-state index is 12.9.